The van der Waals surface area contributed by atoms with Crippen LogP contribution < -0.4 is 16.8 Å². The van der Waals surface area contributed by atoms with E-state index in [1.54, 1.807) is 13.2 Å². The highest BCUT2D eigenvalue weighted by Crippen LogP contribution is 2.28. The van der Waals surface area contributed by atoms with Gasteiger partial charge in [0.25, 0.3) is 5.91 Å². The molecule has 0 atom stereocenters. The Bertz CT molecular complexity index is 410. The summed E-state index contributed by atoms with van der Waals surface area (Å²) in [4.78, 5) is 11.3. The zero-order valence-electron chi connectivity index (χ0n) is 9.63. The van der Waals surface area contributed by atoms with Crippen molar-refractivity contribution in [2.45, 2.75) is 6.42 Å². The van der Waals surface area contributed by atoms with Crippen LogP contribution in [0.2, 0.25) is 5.02 Å². The molecule has 0 saturated carbocycles. The Balaban J connectivity index is 2.85. The summed E-state index contributed by atoms with van der Waals surface area (Å²) in [5.74, 6) is -0.562. The first kappa shape index (κ1) is 13.6. The van der Waals surface area contributed by atoms with Crippen molar-refractivity contribution in [3.8, 4) is 0 Å². The van der Waals surface area contributed by atoms with Crippen molar-refractivity contribution in [3.63, 3.8) is 0 Å². The van der Waals surface area contributed by atoms with Gasteiger partial charge in [-0.3, -0.25) is 4.79 Å². The largest absolute Gasteiger partial charge is 0.399 e. The number of methoxy groups -OCH3 is 1. The number of primary amides is 1. The molecule has 6 heteroatoms. The summed E-state index contributed by atoms with van der Waals surface area (Å²) in [6.45, 7) is 1.27. The molecular weight excluding hydrogens is 242 g/mol. The Kier molecular flexibility index (Phi) is 5.06. The standard InChI is InChI=1S/C11H16ClN3O2/c1-17-4-2-3-15-10-8(11(14)16)5-7(13)6-9(10)12/h5-6,15H,2-4,13H2,1H3,(H2,14,16). The Labute approximate surface area is 105 Å². The number of benzene rings is 1. The normalized spacial score (nSPS) is 10.2. The van der Waals surface area contributed by atoms with Crippen molar-refractivity contribution in [3.05, 3.63) is 22.7 Å². The van der Waals surface area contributed by atoms with Crippen LogP contribution in [-0.2, 0) is 4.74 Å². The highest BCUT2D eigenvalue weighted by atomic mass is 35.5. The number of anilines is 2. The Hall–Kier alpha value is -1.46. The molecule has 0 aliphatic carbocycles. The molecule has 0 aliphatic heterocycles. The summed E-state index contributed by atoms with van der Waals surface area (Å²) < 4.78 is 4.92. The van der Waals surface area contributed by atoms with Crippen molar-refractivity contribution in [2.75, 3.05) is 31.3 Å². The van der Waals surface area contributed by atoms with Crippen LogP contribution in [0.1, 0.15) is 16.8 Å². The van der Waals surface area contributed by atoms with Crippen LogP contribution >= 0.6 is 11.6 Å². The lowest BCUT2D eigenvalue weighted by Crippen LogP contribution is -2.16. The Morgan fingerprint density at radius 3 is 2.82 bits per heavy atom. The number of amides is 1. The van der Waals surface area contributed by atoms with Crippen LogP contribution in [0.15, 0.2) is 12.1 Å². The lowest BCUT2D eigenvalue weighted by atomic mass is 10.1. The predicted molar refractivity (Wildman–Crippen MR) is 69.4 cm³/mol. The van der Waals surface area contributed by atoms with Gasteiger partial charge in [-0.05, 0) is 18.6 Å². The minimum absolute atomic E-state index is 0.299. The van der Waals surface area contributed by atoms with E-state index in [2.05, 4.69) is 5.32 Å². The van der Waals surface area contributed by atoms with E-state index in [4.69, 9.17) is 27.8 Å². The quantitative estimate of drug-likeness (QED) is 0.532. The number of halogens is 1. The lowest BCUT2D eigenvalue weighted by molar-refractivity contribution is 0.100. The maximum absolute atomic E-state index is 11.3. The molecule has 0 unspecified atom stereocenters. The molecule has 0 aliphatic rings. The van der Waals surface area contributed by atoms with Crippen molar-refractivity contribution in [1.29, 1.82) is 0 Å². The molecular formula is C11H16ClN3O2. The number of hydrogen-bond donors (Lipinski definition) is 3. The zero-order valence-corrected chi connectivity index (χ0v) is 10.4. The summed E-state index contributed by atoms with van der Waals surface area (Å²) in [6.07, 6.45) is 0.801. The number of carbonyl (C=O) groups is 1. The molecule has 0 bridgehead atoms. The van der Waals surface area contributed by atoms with Gasteiger partial charge >= 0.3 is 0 Å². The van der Waals surface area contributed by atoms with Gasteiger partial charge in [-0.25, -0.2) is 0 Å². The molecule has 5 N–H and O–H groups in total. The zero-order chi connectivity index (χ0) is 12.8. The highest BCUT2D eigenvalue weighted by molar-refractivity contribution is 6.34. The van der Waals surface area contributed by atoms with Crippen molar-refractivity contribution < 1.29 is 9.53 Å². The summed E-state index contributed by atoms with van der Waals surface area (Å²) in [6, 6.07) is 3.08. The minimum Gasteiger partial charge on any atom is -0.399 e. The van der Waals surface area contributed by atoms with E-state index in [0.717, 1.165) is 6.42 Å². The van der Waals surface area contributed by atoms with E-state index >= 15 is 0 Å². The van der Waals surface area contributed by atoms with E-state index in [1.807, 2.05) is 0 Å². The fraction of sp³-hybridized carbons (Fsp3) is 0.364. The van der Waals surface area contributed by atoms with Crippen LogP contribution in [-0.4, -0.2) is 26.2 Å². The van der Waals surface area contributed by atoms with E-state index in [1.165, 1.54) is 6.07 Å². The molecule has 94 valence electrons. The van der Waals surface area contributed by atoms with Crippen LogP contribution in [0.4, 0.5) is 11.4 Å². The summed E-state index contributed by atoms with van der Waals surface area (Å²) in [7, 11) is 1.63. The van der Waals surface area contributed by atoms with Gasteiger partial charge in [0, 0.05) is 25.9 Å². The molecule has 0 fully saturated rings. The topological polar surface area (TPSA) is 90.4 Å². The molecule has 0 saturated heterocycles. The van der Waals surface area contributed by atoms with Gasteiger partial charge in [0.15, 0.2) is 0 Å². The van der Waals surface area contributed by atoms with E-state index < -0.39 is 5.91 Å². The first-order chi connectivity index (χ1) is 8.06. The first-order valence-corrected chi connectivity index (χ1v) is 5.55. The van der Waals surface area contributed by atoms with Gasteiger partial charge < -0.3 is 21.5 Å². The third kappa shape index (κ3) is 3.80. The highest BCUT2D eigenvalue weighted by Gasteiger charge is 2.12. The first-order valence-electron chi connectivity index (χ1n) is 5.18. The van der Waals surface area contributed by atoms with Crippen molar-refractivity contribution in [2.24, 2.45) is 5.73 Å². The van der Waals surface area contributed by atoms with Crippen molar-refractivity contribution in [1.82, 2.24) is 0 Å². The second kappa shape index (κ2) is 6.32. The van der Waals surface area contributed by atoms with Gasteiger partial charge in [0.1, 0.15) is 0 Å². The minimum atomic E-state index is -0.562. The molecule has 1 aromatic carbocycles. The molecule has 17 heavy (non-hydrogen) atoms. The Morgan fingerprint density at radius 1 is 1.53 bits per heavy atom. The van der Waals surface area contributed by atoms with Gasteiger partial charge in [-0.2, -0.15) is 0 Å². The summed E-state index contributed by atoms with van der Waals surface area (Å²) >= 11 is 6.01. The third-order valence-electron chi connectivity index (χ3n) is 2.21. The number of nitrogens with one attached hydrogen (secondary N) is 1. The van der Waals surface area contributed by atoms with Crippen molar-refractivity contribution >= 4 is 28.9 Å². The molecule has 1 rings (SSSR count). The maximum Gasteiger partial charge on any atom is 0.250 e. The summed E-state index contributed by atoms with van der Waals surface area (Å²) in [5.41, 5.74) is 12.1. The predicted octanol–water partition coefficient (Wildman–Crippen LogP) is 1.47. The average molecular weight is 258 g/mol. The van der Waals surface area contributed by atoms with Crippen LogP contribution in [0, 0.1) is 0 Å². The van der Waals surface area contributed by atoms with E-state index in [0.29, 0.717) is 35.1 Å². The third-order valence-corrected chi connectivity index (χ3v) is 2.50. The van der Waals surface area contributed by atoms with E-state index in [9.17, 15) is 4.79 Å². The molecule has 0 aromatic heterocycles. The van der Waals surface area contributed by atoms with Crippen LogP contribution in [0.3, 0.4) is 0 Å². The fourth-order valence-electron chi connectivity index (χ4n) is 1.43. The average Bonchev–Trinajstić information content (AvgIpc) is 2.25. The van der Waals surface area contributed by atoms with Gasteiger partial charge in [0.2, 0.25) is 0 Å². The van der Waals surface area contributed by atoms with E-state index in [-0.39, 0.29) is 0 Å². The Morgan fingerprint density at radius 2 is 2.24 bits per heavy atom. The van der Waals surface area contributed by atoms with Gasteiger partial charge in [-0.15, -0.1) is 0 Å². The molecule has 5 nitrogen and oxygen atoms in total. The lowest BCUT2D eigenvalue weighted by Gasteiger charge is -2.12. The van der Waals surface area contributed by atoms with Gasteiger partial charge in [0.05, 0.1) is 16.3 Å². The molecule has 1 amide bonds. The number of ether oxygens (including phenoxy) is 1. The number of rotatable bonds is 6. The number of nitrogen functional groups attached to an aromatic ring is 1. The second-order valence-electron chi connectivity index (χ2n) is 3.56. The second-order valence-corrected chi connectivity index (χ2v) is 3.97. The van der Waals surface area contributed by atoms with Crippen LogP contribution in [0.25, 0.3) is 0 Å². The molecule has 0 heterocycles. The number of hydrogen-bond acceptors (Lipinski definition) is 4. The molecule has 1 aromatic rings. The van der Waals surface area contributed by atoms with Gasteiger partial charge in [-0.1, -0.05) is 11.6 Å². The molecule has 0 spiro atoms. The number of nitrogens with two attached hydrogens (primary N) is 2. The van der Waals surface area contributed by atoms with Crippen LogP contribution in [0.5, 0.6) is 0 Å². The SMILES string of the molecule is COCCCNc1c(Cl)cc(N)cc1C(N)=O. The molecule has 0 radical (unpaired) electrons. The fourth-order valence-corrected chi connectivity index (χ4v) is 1.73. The maximum atomic E-state index is 11.3. The monoisotopic (exact) mass is 257 g/mol. The number of carbonyl (C=O) groups excluding carboxylic acids is 1. The smallest absolute Gasteiger partial charge is 0.250 e. The summed E-state index contributed by atoms with van der Waals surface area (Å²) in [5, 5.41) is 3.44.